The first-order valence-corrected chi connectivity index (χ1v) is 8.97. The summed E-state index contributed by atoms with van der Waals surface area (Å²) in [5.41, 5.74) is 0.937. The fourth-order valence-electron chi connectivity index (χ4n) is 1.79. The van der Waals surface area contributed by atoms with E-state index in [0.29, 0.717) is 0 Å². The third kappa shape index (κ3) is 5.50. The van der Waals surface area contributed by atoms with Gasteiger partial charge in [0.1, 0.15) is 15.6 Å². The molecule has 0 aromatic heterocycles. The molecule has 1 rings (SSSR count). The van der Waals surface area contributed by atoms with E-state index in [2.05, 4.69) is 28.2 Å². The normalized spacial score (nSPS) is 13.3. The standard InChI is InChI=1S/C13H20BrNO3S/c1-4-7-15-12(9-19(3,16)17)10-5-6-13(18-2)11(14)8-10/h5-6,8,12,15H,4,7,9H2,1-3H3. The molecule has 1 aromatic rings. The lowest BCUT2D eigenvalue weighted by molar-refractivity contribution is 0.411. The molecular formula is C13H20BrNO3S. The Labute approximate surface area is 123 Å². The smallest absolute Gasteiger partial charge is 0.149 e. The van der Waals surface area contributed by atoms with Crippen molar-refractivity contribution in [3.63, 3.8) is 0 Å². The third-order valence-corrected chi connectivity index (χ3v) is 4.25. The third-order valence-electron chi connectivity index (χ3n) is 2.69. The van der Waals surface area contributed by atoms with Gasteiger partial charge in [0, 0.05) is 12.3 Å². The summed E-state index contributed by atoms with van der Waals surface area (Å²) in [6.07, 6.45) is 2.21. The van der Waals surface area contributed by atoms with Crippen molar-refractivity contribution in [2.75, 3.05) is 25.7 Å². The van der Waals surface area contributed by atoms with Gasteiger partial charge in [-0.1, -0.05) is 13.0 Å². The first kappa shape index (κ1) is 16.5. The molecule has 0 saturated carbocycles. The molecular weight excluding hydrogens is 330 g/mol. The van der Waals surface area contributed by atoms with E-state index >= 15 is 0 Å². The van der Waals surface area contributed by atoms with Gasteiger partial charge in [0.25, 0.3) is 0 Å². The second-order valence-electron chi connectivity index (χ2n) is 4.49. The minimum Gasteiger partial charge on any atom is -0.496 e. The maximum Gasteiger partial charge on any atom is 0.149 e. The van der Waals surface area contributed by atoms with Gasteiger partial charge in [0.15, 0.2) is 0 Å². The van der Waals surface area contributed by atoms with Gasteiger partial charge >= 0.3 is 0 Å². The van der Waals surface area contributed by atoms with Gasteiger partial charge in [0.05, 0.1) is 17.3 Å². The fourth-order valence-corrected chi connectivity index (χ4v) is 3.27. The summed E-state index contributed by atoms with van der Waals surface area (Å²) in [4.78, 5) is 0. The molecule has 0 amide bonds. The molecule has 0 fully saturated rings. The summed E-state index contributed by atoms with van der Waals surface area (Å²) in [6, 6.07) is 5.43. The zero-order chi connectivity index (χ0) is 14.5. The van der Waals surface area contributed by atoms with Gasteiger partial charge in [-0.15, -0.1) is 0 Å². The fraction of sp³-hybridized carbons (Fsp3) is 0.538. The Morgan fingerprint density at radius 1 is 1.42 bits per heavy atom. The molecule has 1 unspecified atom stereocenters. The van der Waals surface area contributed by atoms with Crippen molar-refractivity contribution in [3.8, 4) is 5.75 Å². The Hall–Kier alpha value is -0.590. The average Bonchev–Trinajstić information content (AvgIpc) is 2.33. The zero-order valence-electron chi connectivity index (χ0n) is 11.4. The maximum absolute atomic E-state index is 11.5. The highest BCUT2D eigenvalue weighted by molar-refractivity contribution is 9.10. The molecule has 19 heavy (non-hydrogen) atoms. The number of halogens is 1. The molecule has 1 aromatic carbocycles. The highest BCUT2D eigenvalue weighted by Crippen LogP contribution is 2.28. The maximum atomic E-state index is 11.5. The summed E-state index contributed by atoms with van der Waals surface area (Å²) < 4.78 is 29.0. The Balaban J connectivity index is 2.99. The van der Waals surface area contributed by atoms with Crippen molar-refractivity contribution >= 4 is 25.8 Å². The molecule has 4 nitrogen and oxygen atoms in total. The Kier molecular flexibility index (Phi) is 6.29. The lowest BCUT2D eigenvalue weighted by Gasteiger charge is -2.19. The summed E-state index contributed by atoms with van der Waals surface area (Å²) in [6.45, 7) is 2.83. The van der Waals surface area contributed by atoms with E-state index in [-0.39, 0.29) is 11.8 Å². The lowest BCUT2D eigenvalue weighted by atomic mass is 10.1. The van der Waals surface area contributed by atoms with Crippen molar-refractivity contribution in [3.05, 3.63) is 28.2 Å². The van der Waals surface area contributed by atoms with Crippen LogP contribution in [-0.4, -0.2) is 34.1 Å². The SMILES string of the molecule is CCCNC(CS(C)(=O)=O)c1ccc(OC)c(Br)c1. The molecule has 0 saturated heterocycles. The Morgan fingerprint density at radius 2 is 2.11 bits per heavy atom. The average molecular weight is 350 g/mol. The van der Waals surface area contributed by atoms with E-state index in [9.17, 15) is 8.42 Å². The molecule has 0 radical (unpaired) electrons. The number of ether oxygens (including phenoxy) is 1. The topological polar surface area (TPSA) is 55.4 Å². The van der Waals surface area contributed by atoms with Crippen LogP contribution in [0.4, 0.5) is 0 Å². The minimum atomic E-state index is -3.04. The van der Waals surface area contributed by atoms with Crippen LogP contribution in [0.2, 0.25) is 0 Å². The van der Waals surface area contributed by atoms with E-state index < -0.39 is 9.84 Å². The van der Waals surface area contributed by atoms with Gasteiger partial charge in [-0.3, -0.25) is 0 Å². The molecule has 0 aliphatic heterocycles. The van der Waals surface area contributed by atoms with Gasteiger partial charge in [-0.2, -0.15) is 0 Å². The summed E-state index contributed by atoms with van der Waals surface area (Å²) in [5, 5.41) is 3.27. The second-order valence-corrected chi connectivity index (χ2v) is 7.53. The first-order chi connectivity index (χ1) is 8.87. The van der Waals surface area contributed by atoms with Crippen LogP contribution in [0.5, 0.6) is 5.75 Å². The second kappa shape index (κ2) is 7.26. The quantitative estimate of drug-likeness (QED) is 0.821. The van der Waals surface area contributed by atoms with E-state index in [4.69, 9.17) is 4.74 Å². The molecule has 0 aliphatic carbocycles. The summed E-state index contributed by atoms with van der Waals surface area (Å²) in [5.74, 6) is 0.823. The molecule has 1 atom stereocenters. The minimum absolute atomic E-state index is 0.0891. The molecule has 0 bridgehead atoms. The number of benzene rings is 1. The predicted molar refractivity (Wildman–Crippen MR) is 81.4 cm³/mol. The van der Waals surface area contributed by atoms with Crippen molar-refractivity contribution < 1.29 is 13.2 Å². The largest absolute Gasteiger partial charge is 0.496 e. The van der Waals surface area contributed by atoms with Crippen LogP contribution in [0.3, 0.4) is 0 Å². The molecule has 1 N–H and O–H groups in total. The zero-order valence-corrected chi connectivity index (χ0v) is 13.8. The van der Waals surface area contributed by atoms with Gasteiger partial charge in [-0.25, -0.2) is 8.42 Å². The van der Waals surface area contributed by atoms with Crippen LogP contribution in [0.25, 0.3) is 0 Å². The number of methoxy groups -OCH3 is 1. The highest BCUT2D eigenvalue weighted by Gasteiger charge is 2.17. The van der Waals surface area contributed by atoms with E-state index in [1.165, 1.54) is 6.26 Å². The van der Waals surface area contributed by atoms with Crippen LogP contribution in [0, 0.1) is 0 Å². The van der Waals surface area contributed by atoms with Gasteiger partial charge in [-0.05, 0) is 46.6 Å². The first-order valence-electron chi connectivity index (χ1n) is 6.12. The van der Waals surface area contributed by atoms with Crippen LogP contribution < -0.4 is 10.1 Å². The molecule has 0 aliphatic rings. The van der Waals surface area contributed by atoms with E-state index in [1.807, 2.05) is 18.2 Å². The number of hydrogen-bond donors (Lipinski definition) is 1. The predicted octanol–water partition coefficient (Wildman–Crippen LogP) is 2.54. The highest BCUT2D eigenvalue weighted by atomic mass is 79.9. The number of rotatable bonds is 7. The van der Waals surface area contributed by atoms with Gasteiger partial charge < -0.3 is 10.1 Å². The van der Waals surface area contributed by atoms with Crippen molar-refractivity contribution in [1.82, 2.24) is 5.32 Å². The van der Waals surface area contributed by atoms with Crippen molar-refractivity contribution in [2.24, 2.45) is 0 Å². The number of nitrogens with one attached hydrogen (secondary N) is 1. The molecule has 0 spiro atoms. The van der Waals surface area contributed by atoms with Crippen LogP contribution in [0.15, 0.2) is 22.7 Å². The summed E-state index contributed by atoms with van der Waals surface area (Å²) in [7, 11) is -1.44. The molecule has 6 heteroatoms. The molecule has 0 heterocycles. The Morgan fingerprint density at radius 3 is 2.58 bits per heavy atom. The van der Waals surface area contributed by atoms with Crippen LogP contribution in [-0.2, 0) is 9.84 Å². The van der Waals surface area contributed by atoms with Gasteiger partial charge in [0.2, 0.25) is 0 Å². The van der Waals surface area contributed by atoms with E-state index in [1.54, 1.807) is 7.11 Å². The van der Waals surface area contributed by atoms with Crippen LogP contribution in [0.1, 0.15) is 24.9 Å². The number of sulfone groups is 1. The number of hydrogen-bond acceptors (Lipinski definition) is 4. The summed E-state index contributed by atoms with van der Waals surface area (Å²) >= 11 is 3.42. The van der Waals surface area contributed by atoms with E-state index in [0.717, 1.165) is 28.8 Å². The lowest BCUT2D eigenvalue weighted by Crippen LogP contribution is -2.28. The van der Waals surface area contributed by atoms with Crippen molar-refractivity contribution in [1.29, 1.82) is 0 Å². The monoisotopic (exact) mass is 349 g/mol. The van der Waals surface area contributed by atoms with Crippen LogP contribution >= 0.6 is 15.9 Å². The Bertz CT molecular complexity index is 517. The van der Waals surface area contributed by atoms with Crippen molar-refractivity contribution in [2.45, 2.75) is 19.4 Å². The molecule has 108 valence electrons.